The second-order valence-electron chi connectivity index (χ2n) is 5.58. The maximum atomic E-state index is 11.7. The van der Waals surface area contributed by atoms with E-state index in [4.69, 9.17) is 16.3 Å². The summed E-state index contributed by atoms with van der Waals surface area (Å²) in [6.45, 7) is 4.17. The lowest BCUT2D eigenvalue weighted by molar-refractivity contribution is -0.127. The third-order valence-corrected chi connectivity index (χ3v) is 3.52. The number of guanidine groups is 1. The van der Waals surface area contributed by atoms with Gasteiger partial charge in [0.05, 0.1) is 6.54 Å². The van der Waals surface area contributed by atoms with Crippen LogP contribution >= 0.6 is 35.6 Å². The van der Waals surface area contributed by atoms with Crippen molar-refractivity contribution in [2.24, 2.45) is 4.99 Å². The zero-order valence-corrected chi connectivity index (χ0v) is 18.4. The Balaban J connectivity index is 0.00000576. The van der Waals surface area contributed by atoms with E-state index in [1.165, 1.54) is 4.90 Å². The molecule has 25 heavy (non-hydrogen) atoms. The summed E-state index contributed by atoms with van der Waals surface area (Å²) >= 11 is 5.85. The predicted octanol–water partition coefficient (Wildman–Crippen LogP) is 2.71. The fraction of sp³-hybridized carbons (Fsp3) is 0.529. The molecule has 1 rings (SSSR count). The Hall–Kier alpha value is -1.22. The molecule has 0 saturated heterocycles. The van der Waals surface area contributed by atoms with Gasteiger partial charge in [0.2, 0.25) is 5.91 Å². The van der Waals surface area contributed by atoms with Crippen LogP contribution in [0.2, 0.25) is 5.02 Å². The van der Waals surface area contributed by atoms with Gasteiger partial charge in [0, 0.05) is 32.7 Å². The van der Waals surface area contributed by atoms with E-state index in [2.05, 4.69) is 17.2 Å². The summed E-state index contributed by atoms with van der Waals surface area (Å²) in [5, 5.41) is 3.94. The first-order valence-electron chi connectivity index (χ1n) is 8.02. The second kappa shape index (κ2) is 13.0. The molecule has 0 unspecified atom stereocenters. The van der Waals surface area contributed by atoms with Crippen LogP contribution in [0.1, 0.15) is 13.3 Å². The van der Waals surface area contributed by atoms with Gasteiger partial charge in [0.25, 0.3) is 0 Å². The van der Waals surface area contributed by atoms with Crippen molar-refractivity contribution in [2.75, 3.05) is 47.4 Å². The SMILES string of the molecule is CCCNC(=NCC(=O)N(C)C)N(C)CCOc1ccc(Cl)cc1.I. The number of rotatable bonds is 8. The highest BCUT2D eigenvalue weighted by Gasteiger charge is 2.08. The number of amides is 1. The molecule has 0 saturated carbocycles. The molecule has 6 nitrogen and oxygen atoms in total. The number of likely N-dealkylation sites (N-methyl/N-ethyl adjacent to an activating group) is 2. The van der Waals surface area contributed by atoms with Gasteiger partial charge in [-0.25, -0.2) is 4.99 Å². The third-order valence-electron chi connectivity index (χ3n) is 3.27. The number of nitrogens with one attached hydrogen (secondary N) is 1. The van der Waals surface area contributed by atoms with Gasteiger partial charge in [-0.15, -0.1) is 24.0 Å². The minimum absolute atomic E-state index is 0. The molecule has 0 aliphatic rings. The number of carbonyl (C=O) groups is 1. The van der Waals surface area contributed by atoms with E-state index in [0.717, 1.165) is 18.7 Å². The molecule has 0 heterocycles. The minimum atomic E-state index is -0.0309. The number of carbonyl (C=O) groups excluding carboxylic acids is 1. The van der Waals surface area contributed by atoms with E-state index in [0.29, 0.717) is 24.1 Å². The van der Waals surface area contributed by atoms with Crippen LogP contribution in [-0.4, -0.2) is 69.1 Å². The molecule has 0 bridgehead atoms. The molecule has 1 N–H and O–H groups in total. The summed E-state index contributed by atoms with van der Waals surface area (Å²) in [5.74, 6) is 1.44. The maximum absolute atomic E-state index is 11.7. The number of halogens is 2. The lowest BCUT2D eigenvalue weighted by atomic mass is 10.3. The standard InChI is InChI=1S/C17H27ClN4O2.HI/c1-5-10-19-17(20-13-16(23)21(2)3)22(4)11-12-24-15-8-6-14(18)7-9-15;/h6-9H,5,10-13H2,1-4H3,(H,19,20);1H. The van der Waals surface area contributed by atoms with Crippen LogP contribution in [0.4, 0.5) is 0 Å². The van der Waals surface area contributed by atoms with Crippen molar-refractivity contribution in [2.45, 2.75) is 13.3 Å². The molecule has 0 aliphatic carbocycles. The Morgan fingerprint density at radius 2 is 1.88 bits per heavy atom. The number of aliphatic imine (C=N–C) groups is 1. The van der Waals surface area contributed by atoms with Crippen LogP contribution < -0.4 is 10.1 Å². The van der Waals surface area contributed by atoms with Crippen molar-refractivity contribution in [1.29, 1.82) is 0 Å². The summed E-state index contributed by atoms with van der Waals surface area (Å²) in [4.78, 5) is 19.6. The Morgan fingerprint density at radius 1 is 1.24 bits per heavy atom. The molecule has 0 aromatic heterocycles. The van der Waals surface area contributed by atoms with Gasteiger partial charge in [0.15, 0.2) is 5.96 Å². The zero-order valence-electron chi connectivity index (χ0n) is 15.3. The first-order valence-corrected chi connectivity index (χ1v) is 8.39. The number of hydrogen-bond acceptors (Lipinski definition) is 3. The Bertz CT molecular complexity index is 538. The third kappa shape index (κ3) is 9.74. The van der Waals surface area contributed by atoms with Gasteiger partial charge < -0.3 is 19.9 Å². The van der Waals surface area contributed by atoms with E-state index in [9.17, 15) is 4.79 Å². The van der Waals surface area contributed by atoms with Gasteiger partial charge in [0.1, 0.15) is 18.9 Å². The van der Waals surface area contributed by atoms with Crippen molar-refractivity contribution in [1.82, 2.24) is 15.1 Å². The number of hydrogen-bond donors (Lipinski definition) is 1. The van der Waals surface area contributed by atoms with Crippen LogP contribution in [0.3, 0.4) is 0 Å². The molecule has 1 amide bonds. The van der Waals surface area contributed by atoms with Crippen molar-refractivity contribution >= 4 is 47.4 Å². The molecule has 1 aromatic carbocycles. The molecule has 0 aliphatic heterocycles. The van der Waals surface area contributed by atoms with Crippen LogP contribution in [0.5, 0.6) is 5.75 Å². The Kier molecular flexibility index (Phi) is 12.4. The highest BCUT2D eigenvalue weighted by Crippen LogP contribution is 2.15. The molecule has 0 atom stereocenters. The van der Waals surface area contributed by atoms with Crippen LogP contribution in [0.25, 0.3) is 0 Å². The molecular weight excluding hydrogens is 455 g/mol. The van der Waals surface area contributed by atoms with E-state index in [1.54, 1.807) is 26.2 Å². The molecule has 0 spiro atoms. The Morgan fingerprint density at radius 3 is 2.44 bits per heavy atom. The van der Waals surface area contributed by atoms with Gasteiger partial charge in [-0.05, 0) is 30.7 Å². The van der Waals surface area contributed by atoms with E-state index in [-0.39, 0.29) is 36.4 Å². The van der Waals surface area contributed by atoms with Crippen LogP contribution in [0.15, 0.2) is 29.3 Å². The zero-order chi connectivity index (χ0) is 17.9. The van der Waals surface area contributed by atoms with Crippen molar-refractivity contribution in [3.05, 3.63) is 29.3 Å². The number of benzene rings is 1. The van der Waals surface area contributed by atoms with Gasteiger partial charge >= 0.3 is 0 Å². The molecular formula is C17H28ClIN4O2. The van der Waals surface area contributed by atoms with Gasteiger partial charge in [-0.2, -0.15) is 0 Å². The van der Waals surface area contributed by atoms with E-state index in [1.807, 2.05) is 24.1 Å². The lowest BCUT2D eigenvalue weighted by Crippen LogP contribution is -2.42. The normalized spacial score (nSPS) is 10.7. The van der Waals surface area contributed by atoms with Gasteiger partial charge in [-0.1, -0.05) is 18.5 Å². The summed E-state index contributed by atoms with van der Waals surface area (Å²) < 4.78 is 5.69. The Labute approximate surface area is 172 Å². The van der Waals surface area contributed by atoms with Gasteiger partial charge in [-0.3, -0.25) is 4.79 Å². The van der Waals surface area contributed by atoms with E-state index >= 15 is 0 Å². The first kappa shape index (κ1) is 23.8. The molecule has 0 radical (unpaired) electrons. The van der Waals surface area contributed by atoms with Crippen molar-refractivity contribution in [3.8, 4) is 5.75 Å². The second-order valence-corrected chi connectivity index (χ2v) is 6.02. The smallest absolute Gasteiger partial charge is 0.243 e. The largest absolute Gasteiger partial charge is 0.492 e. The van der Waals surface area contributed by atoms with Crippen LogP contribution in [0, 0.1) is 0 Å². The van der Waals surface area contributed by atoms with Crippen molar-refractivity contribution in [3.63, 3.8) is 0 Å². The number of nitrogens with zero attached hydrogens (tertiary/aromatic N) is 3. The highest BCUT2D eigenvalue weighted by molar-refractivity contribution is 14.0. The average Bonchev–Trinajstić information content (AvgIpc) is 2.56. The minimum Gasteiger partial charge on any atom is -0.492 e. The van der Waals surface area contributed by atoms with Crippen molar-refractivity contribution < 1.29 is 9.53 Å². The van der Waals surface area contributed by atoms with Crippen LogP contribution in [-0.2, 0) is 4.79 Å². The first-order chi connectivity index (χ1) is 11.4. The highest BCUT2D eigenvalue weighted by atomic mass is 127. The molecule has 8 heteroatoms. The lowest BCUT2D eigenvalue weighted by Gasteiger charge is -2.22. The molecule has 0 fully saturated rings. The maximum Gasteiger partial charge on any atom is 0.243 e. The van der Waals surface area contributed by atoms with E-state index < -0.39 is 0 Å². The number of ether oxygens (including phenoxy) is 1. The molecule has 1 aromatic rings. The topological polar surface area (TPSA) is 57.2 Å². The summed E-state index contributed by atoms with van der Waals surface area (Å²) in [5.41, 5.74) is 0. The summed E-state index contributed by atoms with van der Waals surface area (Å²) in [7, 11) is 5.37. The quantitative estimate of drug-likeness (QED) is 0.352. The monoisotopic (exact) mass is 482 g/mol. The fourth-order valence-electron chi connectivity index (χ4n) is 1.77. The summed E-state index contributed by atoms with van der Waals surface area (Å²) in [6, 6.07) is 7.26. The predicted molar refractivity (Wildman–Crippen MR) is 114 cm³/mol. The fourth-order valence-corrected chi connectivity index (χ4v) is 1.90. The molecule has 142 valence electrons. The summed E-state index contributed by atoms with van der Waals surface area (Å²) in [6.07, 6.45) is 0.982. The average molecular weight is 483 g/mol.